The zero-order valence-corrected chi connectivity index (χ0v) is 9.88. The minimum absolute atomic E-state index is 0.128. The molecule has 0 unspecified atom stereocenters. The van der Waals surface area contributed by atoms with Crippen molar-refractivity contribution in [1.82, 2.24) is 10.2 Å². The third-order valence-corrected chi connectivity index (χ3v) is 2.89. The van der Waals surface area contributed by atoms with Gasteiger partial charge < -0.3 is 14.7 Å². The molecule has 17 heavy (non-hydrogen) atoms. The molecule has 1 aromatic rings. The molecule has 0 atom stereocenters. The van der Waals surface area contributed by atoms with Crippen molar-refractivity contribution in [3.05, 3.63) is 5.01 Å². The van der Waals surface area contributed by atoms with Gasteiger partial charge in [0.15, 0.2) is 0 Å². The Labute approximate surface area is 99.8 Å². The Morgan fingerprint density at radius 2 is 2.06 bits per heavy atom. The summed E-state index contributed by atoms with van der Waals surface area (Å²) in [5, 5.41) is 14.5. The largest absolute Gasteiger partial charge is 0.445 e. The Morgan fingerprint density at radius 1 is 1.35 bits per heavy atom. The van der Waals surface area contributed by atoms with E-state index in [0.29, 0.717) is 24.5 Å². The van der Waals surface area contributed by atoms with E-state index in [2.05, 4.69) is 10.2 Å². The minimum atomic E-state index is -4.48. The van der Waals surface area contributed by atoms with E-state index in [4.69, 9.17) is 9.84 Å². The van der Waals surface area contributed by atoms with Gasteiger partial charge in [0, 0.05) is 20.2 Å². The summed E-state index contributed by atoms with van der Waals surface area (Å²) in [7, 11) is 1.48. The van der Waals surface area contributed by atoms with Gasteiger partial charge in [-0.3, -0.25) is 0 Å². The van der Waals surface area contributed by atoms with Gasteiger partial charge in [0.1, 0.15) is 0 Å². The van der Waals surface area contributed by atoms with E-state index in [1.165, 1.54) is 12.0 Å². The van der Waals surface area contributed by atoms with Crippen LogP contribution in [0.25, 0.3) is 0 Å². The van der Waals surface area contributed by atoms with Gasteiger partial charge in [-0.1, -0.05) is 11.3 Å². The Kier molecular flexibility index (Phi) is 5.09. The van der Waals surface area contributed by atoms with E-state index in [1.54, 1.807) is 0 Å². The van der Waals surface area contributed by atoms with Crippen molar-refractivity contribution in [2.75, 3.05) is 38.3 Å². The van der Waals surface area contributed by atoms with Crippen molar-refractivity contribution in [3.63, 3.8) is 0 Å². The Morgan fingerprint density at radius 3 is 2.53 bits per heavy atom. The summed E-state index contributed by atoms with van der Waals surface area (Å²) in [6.45, 7) is 0.699. The molecule has 1 rings (SSSR count). The van der Waals surface area contributed by atoms with E-state index in [1.807, 2.05) is 0 Å². The summed E-state index contributed by atoms with van der Waals surface area (Å²) >= 11 is 0.450. The summed E-state index contributed by atoms with van der Waals surface area (Å²) in [5.41, 5.74) is 0. The number of rotatable bonds is 6. The second-order valence-corrected chi connectivity index (χ2v) is 4.05. The lowest BCUT2D eigenvalue weighted by molar-refractivity contribution is -0.138. The van der Waals surface area contributed by atoms with Crippen LogP contribution in [-0.2, 0) is 10.9 Å². The van der Waals surface area contributed by atoms with Crippen molar-refractivity contribution >= 4 is 16.5 Å². The highest BCUT2D eigenvalue weighted by Crippen LogP contribution is 2.34. The van der Waals surface area contributed by atoms with Crippen LogP contribution in [0.3, 0.4) is 0 Å². The van der Waals surface area contributed by atoms with Crippen molar-refractivity contribution in [2.45, 2.75) is 6.18 Å². The Bertz CT molecular complexity index is 345. The van der Waals surface area contributed by atoms with Crippen LogP contribution in [0.15, 0.2) is 0 Å². The monoisotopic (exact) mass is 271 g/mol. The molecule has 0 aromatic carbocycles. The molecule has 0 fully saturated rings. The molecule has 0 saturated heterocycles. The van der Waals surface area contributed by atoms with Gasteiger partial charge in [0.2, 0.25) is 10.1 Å². The van der Waals surface area contributed by atoms with Crippen LogP contribution < -0.4 is 4.90 Å². The molecule has 0 aliphatic heterocycles. The predicted molar refractivity (Wildman–Crippen MR) is 56.1 cm³/mol. The molecule has 5 nitrogen and oxygen atoms in total. The van der Waals surface area contributed by atoms with E-state index in [-0.39, 0.29) is 18.3 Å². The second kappa shape index (κ2) is 6.12. The summed E-state index contributed by atoms with van der Waals surface area (Å²) in [4.78, 5) is 1.50. The normalized spacial score (nSPS) is 11.8. The van der Waals surface area contributed by atoms with Crippen LogP contribution in [0.5, 0.6) is 0 Å². The van der Waals surface area contributed by atoms with Gasteiger partial charge in [0.25, 0.3) is 0 Å². The van der Waals surface area contributed by atoms with Gasteiger partial charge in [-0.2, -0.15) is 13.2 Å². The zero-order chi connectivity index (χ0) is 12.9. The Hall–Kier alpha value is -0.930. The fourth-order valence-corrected chi connectivity index (χ4v) is 1.85. The van der Waals surface area contributed by atoms with Crippen molar-refractivity contribution in [2.24, 2.45) is 0 Å². The minimum Gasteiger partial charge on any atom is -0.395 e. The maximum absolute atomic E-state index is 12.3. The average molecular weight is 271 g/mol. The van der Waals surface area contributed by atoms with Gasteiger partial charge in [-0.25, -0.2) is 0 Å². The maximum atomic E-state index is 12.3. The standard InChI is InChI=1S/C8H12F3N3O2S/c1-16-5-3-14(2-4-15)7-13-12-6(17-7)8(9,10)11/h15H,2-5H2,1H3. The lowest BCUT2D eigenvalue weighted by atomic mass is 10.5. The van der Waals surface area contributed by atoms with Crippen LogP contribution in [0.4, 0.5) is 18.3 Å². The van der Waals surface area contributed by atoms with Crippen LogP contribution >= 0.6 is 11.3 Å². The molecule has 0 radical (unpaired) electrons. The Balaban J connectivity index is 2.76. The number of methoxy groups -OCH3 is 1. The maximum Gasteiger partial charge on any atom is 0.445 e. The quantitative estimate of drug-likeness (QED) is 0.836. The first kappa shape index (κ1) is 14.1. The molecule has 0 aliphatic carbocycles. The first-order valence-electron chi connectivity index (χ1n) is 4.74. The number of halogens is 3. The highest BCUT2D eigenvalue weighted by Gasteiger charge is 2.36. The molecule has 0 amide bonds. The average Bonchev–Trinajstić information content (AvgIpc) is 2.72. The smallest absolute Gasteiger partial charge is 0.395 e. The van der Waals surface area contributed by atoms with E-state index in [9.17, 15) is 13.2 Å². The van der Waals surface area contributed by atoms with Gasteiger partial charge in [-0.05, 0) is 0 Å². The number of alkyl halides is 3. The highest BCUT2D eigenvalue weighted by molar-refractivity contribution is 7.15. The number of aliphatic hydroxyl groups excluding tert-OH is 1. The van der Waals surface area contributed by atoms with Crippen LogP contribution in [0.2, 0.25) is 0 Å². The summed E-state index contributed by atoms with van der Waals surface area (Å²) in [6.07, 6.45) is -4.48. The molecule has 1 aromatic heterocycles. The van der Waals surface area contributed by atoms with E-state index in [0.717, 1.165) is 0 Å². The third kappa shape index (κ3) is 4.10. The van der Waals surface area contributed by atoms with Crippen molar-refractivity contribution in [3.8, 4) is 0 Å². The second-order valence-electron chi connectivity index (χ2n) is 3.09. The molecule has 0 spiro atoms. The van der Waals surface area contributed by atoms with Crippen molar-refractivity contribution in [1.29, 1.82) is 0 Å². The lowest BCUT2D eigenvalue weighted by Crippen LogP contribution is -2.30. The van der Waals surface area contributed by atoms with Gasteiger partial charge in [-0.15, -0.1) is 10.2 Å². The fourth-order valence-electron chi connectivity index (χ4n) is 1.08. The number of anilines is 1. The third-order valence-electron chi connectivity index (χ3n) is 1.86. The molecule has 0 bridgehead atoms. The van der Waals surface area contributed by atoms with Crippen LogP contribution in [0, 0.1) is 0 Å². The molecule has 0 aliphatic rings. The van der Waals surface area contributed by atoms with E-state index >= 15 is 0 Å². The first-order valence-corrected chi connectivity index (χ1v) is 5.56. The van der Waals surface area contributed by atoms with Crippen LogP contribution in [0.1, 0.15) is 5.01 Å². The fraction of sp³-hybridized carbons (Fsp3) is 0.750. The highest BCUT2D eigenvalue weighted by atomic mass is 32.1. The molecular weight excluding hydrogens is 259 g/mol. The van der Waals surface area contributed by atoms with Gasteiger partial charge in [0.05, 0.1) is 13.2 Å². The summed E-state index contributed by atoms with van der Waals surface area (Å²) < 4.78 is 41.8. The van der Waals surface area contributed by atoms with E-state index < -0.39 is 11.2 Å². The SMILES string of the molecule is COCCN(CCO)c1nnc(C(F)(F)F)s1. The summed E-state index contributed by atoms with van der Waals surface area (Å²) in [5.74, 6) is 0. The number of hydrogen-bond donors (Lipinski definition) is 1. The molecule has 98 valence electrons. The molecular formula is C8H12F3N3O2S. The van der Waals surface area contributed by atoms with Crippen LogP contribution in [-0.4, -0.2) is 48.7 Å². The lowest BCUT2D eigenvalue weighted by Gasteiger charge is -2.19. The molecule has 1 N–H and O–H groups in total. The number of nitrogens with zero attached hydrogens (tertiary/aromatic N) is 3. The molecule has 0 saturated carbocycles. The van der Waals surface area contributed by atoms with Crippen molar-refractivity contribution < 1.29 is 23.0 Å². The number of aromatic nitrogens is 2. The number of hydrogen-bond acceptors (Lipinski definition) is 6. The first-order chi connectivity index (χ1) is 7.99. The van der Waals surface area contributed by atoms with Gasteiger partial charge >= 0.3 is 6.18 Å². The molecule has 9 heteroatoms. The summed E-state index contributed by atoms with van der Waals surface area (Å²) in [6, 6.07) is 0. The number of aliphatic hydroxyl groups is 1. The zero-order valence-electron chi connectivity index (χ0n) is 9.07. The predicted octanol–water partition coefficient (Wildman–Crippen LogP) is 1.00. The number of ether oxygens (including phenoxy) is 1. The molecule has 1 heterocycles. The topological polar surface area (TPSA) is 58.5 Å².